The van der Waals surface area contributed by atoms with Crippen molar-refractivity contribution in [2.24, 2.45) is 0 Å². The highest BCUT2D eigenvalue weighted by Crippen LogP contribution is 2.17. The second-order valence-corrected chi connectivity index (χ2v) is 5.41. The van der Waals surface area contributed by atoms with Crippen molar-refractivity contribution in [3.8, 4) is 5.69 Å². The first kappa shape index (κ1) is 16.8. The van der Waals surface area contributed by atoms with Gasteiger partial charge in [-0.05, 0) is 37.6 Å². The van der Waals surface area contributed by atoms with E-state index in [1.807, 2.05) is 13.8 Å². The van der Waals surface area contributed by atoms with E-state index >= 15 is 0 Å². The van der Waals surface area contributed by atoms with Crippen molar-refractivity contribution in [3.05, 3.63) is 47.1 Å². The lowest BCUT2D eigenvalue weighted by molar-refractivity contribution is -0.127. The van der Waals surface area contributed by atoms with Gasteiger partial charge in [-0.25, -0.2) is 9.67 Å². The van der Waals surface area contributed by atoms with E-state index in [0.717, 1.165) is 5.69 Å². The van der Waals surface area contributed by atoms with Crippen molar-refractivity contribution in [2.45, 2.75) is 26.4 Å². The number of hydrogen-bond acceptors (Lipinski definition) is 5. The van der Waals surface area contributed by atoms with Gasteiger partial charge in [-0.1, -0.05) is 6.92 Å². The average Bonchev–Trinajstić information content (AvgIpc) is 3.05. The van der Waals surface area contributed by atoms with Crippen LogP contribution in [0.4, 0.5) is 5.69 Å². The Labute approximate surface area is 143 Å². The van der Waals surface area contributed by atoms with Gasteiger partial charge in [0.1, 0.15) is 11.5 Å². The minimum Gasteiger partial charge on any atom is -0.369 e. The molecule has 130 valence electrons. The van der Waals surface area contributed by atoms with Crippen LogP contribution in [0, 0.1) is 0 Å². The van der Waals surface area contributed by atoms with Gasteiger partial charge in [-0.15, -0.1) is 0 Å². The molecule has 8 nitrogen and oxygen atoms in total. The molecule has 25 heavy (non-hydrogen) atoms. The van der Waals surface area contributed by atoms with E-state index in [2.05, 4.69) is 20.4 Å². The standard InChI is InChI=1S/C17H19N5O3/c1-3-14(25-4-2)17(24)21-11-5-7-12(8-6-11)22-15-13(9-20-22)16(23)19-10-18-15/h5-10,14H,3-4H2,1-2H3,(H,21,24)(H,18,19,23)/t14-/m0/s1. The van der Waals surface area contributed by atoms with E-state index in [9.17, 15) is 9.59 Å². The molecule has 8 heteroatoms. The average molecular weight is 341 g/mol. The van der Waals surface area contributed by atoms with E-state index in [1.54, 1.807) is 28.9 Å². The molecule has 3 rings (SSSR count). The number of amides is 1. The summed E-state index contributed by atoms with van der Waals surface area (Å²) in [5.41, 5.74) is 1.64. The highest BCUT2D eigenvalue weighted by atomic mass is 16.5. The molecule has 0 saturated carbocycles. The molecule has 0 fully saturated rings. The summed E-state index contributed by atoms with van der Waals surface area (Å²) < 4.78 is 6.97. The third-order valence-corrected chi connectivity index (χ3v) is 3.78. The molecule has 0 bridgehead atoms. The Morgan fingerprint density at radius 2 is 2.08 bits per heavy atom. The minimum atomic E-state index is -0.462. The lowest BCUT2D eigenvalue weighted by atomic mass is 10.2. The van der Waals surface area contributed by atoms with Gasteiger partial charge in [0.25, 0.3) is 11.5 Å². The van der Waals surface area contributed by atoms with Crippen LogP contribution in [0.5, 0.6) is 0 Å². The van der Waals surface area contributed by atoms with Crippen LogP contribution >= 0.6 is 0 Å². The third kappa shape index (κ3) is 3.43. The molecule has 1 aromatic carbocycles. The van der Waals surface area contributed by atoms with Crippen LogP contribution in [-0.4, -0.2) is 38.4 Å². The number of carbonyl (C=O) groups excluding carboxylic acids is 1. The molecule has 0 radical (unpaired) electrons. The molecule has 0 unspecified atom stereocenters. The van der Waals surface area contributed by atoms with E-state index in [1.165, 1.54) is 12.5 Å². The summed E-state index contributed by atoms with van der Waals surface area (Å²) in [6.07, 6.45) is 2.97. The molecule has 0 spiro atoms. The van der Waals surface area contributed by atoms with Gasteiger partial charge in [-0.3, -0.25) is 9.59 Å². The van der Waals surface area contributed by atoms with Crippen molar-refractivity contribution < 1.29 is 9.53 Å². The summed E-state index contributed by atoms with van der Waals surface area (Å²) in [6.45, 7) is 4.25. The van der Waals surface area contributed by atoms with E-state index < -0.39 is 6.10 Å². The number of rotatable bonds is 6. The highest BCUT2D eigenvalue weighted by Gasteiger charge is 2.16. The largest absolute Gasteiger partial charge is 0.369 e. The lowest BCUT2D eigenvalue weighted by Gasteiger charge is -2.15. The van der Waals surface area contributed by atoms with Crippen molar-refractivity contribution in [3.63, 3.8) is 0 Å². The maximum atomic E-state index is 12.2. The van der Waals surface area contributed by atoms with Crippen LogP contribution in [0.2, 0.25) is 0 Å². The Morgan fingerprint density at radius 1 is 1.32 bits per heavy atom. The molecule has 0 aliphatic heterocycles. The summed E-state index contributed by atoms with van der Waals surface area (Å²) in [6, 6.07) is 7.14. The Kier molecular flexibility index (Phi) is 4.90. The van der Waals surface area contributed by atoms with Gasteiger partial charge in [0.05, 0.1) is 18.2 Å². The van der Waals surface area contributed by atoms with Crippen LogP contribution in [0.25, 0.3) is 16.7 Å². The van der Waals surface area contributed by atoms with Crippen LogP contribution < -0.4 is 10.9 Å². The van der Waals surface area contributed by atoms with Crippen molar-refractivity contribution in [2.75, 3.05) is 11.9 Å². The topological polar surface area (TPSA) is 102 Å². The molecule has 0 saturated heterocycles. The predicted molar refractivity (Wildman–Crippen MR) is 93.8 cm³/mol. The molecule has 1 amide bonds. The molecule has 2 N–H and O–H groups in total. The van der Waals surface area contributed by atoms with Gasteiger partial charge in [0.2, 0.25) is 0 Å². The predicted octanol–water partition coefficient (Wildman–Crippen LogP) is 1.86. The monoisotopic (exact) mass is 341 g/mol. The highest BCUT2D eigenvalue weighted by molar-refractivity contribution is 5.94. The number of nitrogens with zero attached hydrogens (tertiary/aromatic N) is 3. The molecule has 1 atom stereocenters. The number of benzene rings is 1. The van der Waals surface area contributed by atoms with Gasteiger partial charge >= 0.3 is 0 Å². The normalized spacial score (nSPS) is 12.2. The Morgan fingerprint density at radius 3 is 2.76 bits per heavy atom. The fourth-order valence-electron chi connectivity index (χ4n) is 2.53. The van der Waals surface area contributed by atoms with E-state index in [0.29, 0.717) is 29.7 Å². The number of H-pyrrole nitrogens is 1. The zero-order chi connectivity index (χ0) is 17.8. The maximum absolute atomic E-state index is 12.2. The maximum Gasteiger partial charge on any atom is 0.261 e. The van der Waals surface area contributed by atoms with Crippen LogP contribution in [0.15, 0.2) is 41.6 Å². The Hall–Kier alpha value is -3.00. The van der Waals surface area contributed by atoms with Crippen molar-refractivity contribution >= 4 is 22.6 Å². The molecular formula is C17H19N5O3. The first-order valence-electron chi connectivity index (χ1n) is 8.08. The molecule has 2 heterocycles. The number of ether oxygens (including phenoxy) is 1. The number of aromatic nitrogens is 4. The fourth-order valence-corrected chi connectivity index (χ4v) is 2.53. The van der Waals surface area contributed by atoms with Crippen molar-refractivity contribution in [1.29, 1.82) is 0 Å². The van der Waals surface area contributed by atoms with Crippen LogP contribution in [0.1, 0.15) is 20.3 Å². The van der Waals surface area contributed by atoms with E-state index in [4.69, 9.17) is 4.74 Å². The molecule has 3 aromatic rings. The van der Waals surface area contributed by atoms with Gasteiger partial charge in [0.15, 0.2) is 5.65 Å². The number of aromatic amines is 1. The first-order valence-corrected chi connectivity index (χ1v) is 8.08. The first-order chi connectivity index (χ1) is 12.1. The van der Waals surface area contributed by atoms with Gasteiger partial charge in [-0.2, -0.15) is 5.10 Å². The molecular weight excluding hydrogens is 322 g/mol. The molecule has 2 aromatic heterocycles. The zero-order valence-electron chi connectivity index (χ0n) is 14.0. The lowest BCUT2D eigenvalue weighted by Crippen LogP contribution is -2.29. The summed E-state index contributed by atoms with van der Waals surface area (Å²) in [7, 11) is 0. The number of nitrogens with one attached hydrogen (secondary N) is 2. The molecule has 0 aliphatic carbocycles. The summed E-state index contributed by atoms with van der Waals surface area (Å²) in [5.74, 6) is -0.171. The summed E-state index contributed by atoms with van der Waals surface area (Å²) in [5, 5.41) is 7.46. The SMILES string of the molecule is CCO[C@@H](CC)C(=O)Nc1ccc(-n2ncc3c(=O)[nH]cnc32)cc1. The van der Waals surface area contributed by atoms with Crippen LogP contribution in [-0.2, 0) is 9.53 Å². The Balaban J connectivity index is 1.81. The zero-order valence-corrected chi connectivity index (χ0v) is 14.0. The number of fused-ring (bicyclic) bond motifs is 1. The smallest absolute Gasteiger partial charge is 0.261 e. The van der Waals surface area contributed by atoms with Crippen molar-refractivity contribution in [1.82, 2.24) is 19.7 Å². The summed E-state index contributed by atoms with van der Waals surface area (Å²) >= 11 is 0. The summed E-state index contributed by atoms with van der Waals surface area (Å²) in [4.78, 5) is 30.6. The van der Waals surface area contributed by atoms with E-state index in [-0.39, 0.29) is 11.5 Å². The third-order valence-electron chi connectivity index (χ3n) is 3.78. The fraction of sp³-hybridized carbons (Fsp3) is 0.294. The van der Waals surface area contributed by atoms with Gasteiger partial charge in [0, 0.05) is 12.3 Å². The second-order valence-electron chi connectivity index (χ2n) is 5.41. The van der Waals surface area contributed by atoms with Crippen LogP contribution in [0.3, 0.4) is 0 Å². The Bertz CT molecular complexity index is 929. The number of anilines is 1. The van der Waals surface area contributed by atoms with Gasteiger partial charge < -0.3 is 15.0 Å². The quantitative estimate of drug-likeness (QED) is 0.712. The number of carbonyl (C=O) groups is 1. The number of hydrogen-bond donors (Lipinski definition) is 2. The molecule has 0 aliphatic rings. The second kappa shape index (κ2) is 7.27. The minimum absolute atomic E-state index is 0.171.